The summed E-state index contributed by atoms with van der Waals surface area (Å²) in [6, 6.07) is 6.20. The van der Waals surface area contributed by atoms with Gasteiger partial charge in [0.05, 0.1) is 12.2 Å². The summed E-state index contributed by atoms with van der Waals surface area (Å²) < 4.78 is 34.1. The largest absolute Gasteiger partial charge is 0.483 e. The van der Waals surface area contributed by atoms with Crippen molar-refractivity contribution >= 4 is 22.9 Å². The van der Waals surface area contributed by atoms with Crippen LogP contribution < -0.4 is 10.4 Å². The van der Waals surface area contributed by atoms with Gasteiger partial charge in [-0.05, 0) is 53.7 Å². The first-order valence-corrected chi connectivity index (χ1v) is 10.9. The number of hydrogen-bond donors (Lipinski definition) is 0. The highest BCUT2D eigenvalue weighted by molar-refractivity contribution is 5.85. The molecule has 0 bridgehead atoms. The summed E-state index contributed by atoms with van der Waals surface area (Å²) in [6.07, 6.45) is -2.52. The van der Waals surface area contributed by atoms with E-state index in [4.69, 9.17) is 28.1 Å². The summed E-state index contributed by atoms with van der Waals surface area (Å²) in [6.45, 7) is 10.3. The van der Waals surface area contributed by atoms with Crippen molar-refractivity contribution in [1.82, 2.24) is 0 Å². The van der Waals surface area contributed by atoms with Crippen LogP contribution in [-0.2, 0) is 28.5 Å². The lowest BCUT2D eigenvalue weighted by molar-refractivity contribution is -0.196. The van der Waals surface area contributed by atoms with Crippen LogP contribution in [-0.4, -0.2) is 47.1 Å². The Morgan fingerprint density at radius 2 is 1.48 bits per heavy atom. The summed E-state index contributed by atoms with van der Waals surface area (Å²) >= 11 is 0. The maximum absolute atomic E-state index is 13.0. The second kappa shape index (κ2) is 6.80. The summed E-state index contributed by atoms with van der Waals surface area (Å²) in [7, 11) is 0. The molecule has 3 aliphatic heterocycles. The van der Waals surface area contributed by atoms with Gasteiger partial charge in [0.25, 0.3) is 0 Å². The van der Waals surface area contributed by atoms with E-state index in [1.807, 2.05) is 0 Å². The lowest BCUT2D eigenvalue weighted by atomic mass is 9.87. The van der Waals surface area contributed by atoms with Crippen LogP contribution in [0, 0.1) is 0 Å². The molecule has 0 unspecified atom stereocenters. The Morgan fingerprint density at radius 3 is 2.06 bits per heavy atom. The second-order valence-electron chi connectivity index (χ2n) is 9.77. The molecule has 1 aromatic heterocycles. The summed E-state index contributed by atoms with van der Waals surface area (Å²) in [5, 5.41) is 0.608. The van der Waals surface area contributed by atoms with Crippen molar-refractivity contribution < 1.29 is 37.7 Å². The van der Waals surface area contributed by atoms with Gasteiger partial charge < -0.3 is 28.1 Å². The van der Waals surface area contributed by atoms with E-state index in [1.165, 1.54) is 6.07 Å². The number of carbonyl (C=O) groups excluding carboxylic acids is 2. The van der Waals surface area contributed by atoms with Gasteiger partial charge >= 0.3 is 17.6 Å². The third-order valence-electron chi connectivity index (χ3n) is 6.95. The molecule has 0 aliphatic carbocycles. The number of ether oxygens (including phenoxy) is 5. The fourth-order valence-corrected chi connectivity index (χ4v) is 4.18. The van der Waals surface area contributed by atoms with E-state index in [9.17, 15) is 14.4 Å². The van der Waals surface area contributed by atoms with Crippen LogP contribution in [0.5, 0.6) is 5.75 Å². The maximum Gasteiger partial charge on any atom is 0.341 e. The molecule has 9 heteroatoms. The molecule has 0 radical (unpaired) electrons. The van der Waals surface area contributed by atoms with Gasteiger partial charge in [0.15, 0.2) is 23.4 Å². The molecule has 0 saturated carbocycles. The molecule has 0 amide bonds. The number of epoxide rings is 2. The Balaban J connectivity index is 1.58. The van der Waals surface area contributed by atoms with Gasteiger partial charge in [-0.1, -0.05) is 0 Å². The van der Waals surface area contributed by atoms with Gasteiger partial charge in [-0.2, -0.15) is 0 Å². The first-order chi connectivity index (χ1) is 15.3. The molecule has 4 heterocycles. The van der Waals surface area contributed by atoms with E-state index in [0.29, 0.717) is 22.3 Å². The van der Waals surface area contributed by atoms with Gasteiger partial charge in [0.2, 0.25) is 0 Å². The highest BCUT2D eigenvalue weighted by Gasteiger charge is 2.61. The zero-order valence-electron chi connectivity index (χ0n) is 19.3. The lowest BCUT2D eigenvalue weighted by Gasteiger charge is -2.43. The van der Waals surface area contributed by atoms with Crippen molar-refractivity contribution in [1.29, 1.82) is 0 Å². The number of hydrogen-bond acceptors (Lipinski definition) is 9. The minimum absolute atomic E-state index is 0.280. The predicted octanol–water partition coefficient (Wildman–Crippen LogP) is 2.81. The van der Waals surface area contributed by atoms with Gasteiger partial charge in [0.1, 0.15) is 16.9 Å². The first kappa shape index (κ1) is 21.9. The number of rotatable bonds is 4. The number of carbonyl (C=O) groups is 2. The smallest absolute Gasteiger partial charge is 0.341 e. The molecule has 2 saturated heterocycles. The molecule has 176 valence electrons. The summed E-state index contributed by atoms with van der Waals surface area (Å²) in [4.78, 5) is 37.6. The highest BCUT2D eigenvalue weighted by Crippen LogP contribution is 2.48. The average molecular weight is 458 g/mol. The molecule has 5 rings (SSSR count). The van der Waals surface area contributed by atoms with E-state index in [0.717, 1.165) is 0 Å². The van der Waals surface area contributed by atoms with Crippen molar-refractivity contribution in [2.45, 2.75) is 82.8 Å². The van der Waals surface area contributed by atoms with Crippen molar-refractivity contribution in [3.8, 4) is 5.75 Å². The number of esters is 2. The SMILES string of the molecule is C[C@@H]1O[C@]1(C)C(=O)O[C@@H]1[C@H](OC(=O)[C@]2(C)O[C@@H]2C)c2cc3ccc(=O)oc3cc2OC1(C)C. The third kappa shape index (κ3) is 3.41. The van der Waals surface area contributed by atoms with Gasteiger partial charge in [-0.3, -0.25) is 0 Å². The summed E-state index contributed by atoms with van der Waals surface area (Å²) in [5.41, 5.74) is -2.88. The molecule has 6 atom stereocenters. The normalized spacial score (nSPS) is 35.8. The zero-order valence-corrected chi connectivity index (χ0v) is 19.3. The Bertz CT molecular complexity index is 1230. The zero-order chi connectivity index (χ0) is 23.9. The Morgan fingerprint density at radius 1 is 0.909 bits per heavy atom. The number of benzene rings is 1. The molecule has 2 aromatic rings. The topological polar surface area (TPSA) is 117 Å². The van der Waals surface area contributed by atoms with Gasteiger partial charge in [-0.25, -0.2) is 14.4 Å². The Kier molecular flexibility index (Phi) is 4.52. The third-order valence-corrected chi connectivity index (χ3v) is 6.95. The van der Waals surface area contributed by atoms with Gasteiger partial charge in [0, 0.05) is 23.1 Å². The van der Waals surface area contributed by atoms with Crippen molar-refractivity contribution in [3.05, 3.63) is 40.2 Å². The fourth-order valence-electron chi connectivity index (χ4n) is 4.18. The fraction of sp³-hybridized carbons (Fsp3) is 0.542. The van der Waals surface area contributed by atoms with Crippen LogP contribution >= 0.6 is 0 Å². The number of fused-ring (bicyclic) bond motifs is 2. The van der Waals surface area contributed by atoms with E-state index in [1.54, 1.807) is 59.7 Å². The van der Waals surface area contributed by atoms with Crippen LogP contribution in [0.2, 0.25) is 0 Å². The molecule has 3 aliphatic rings. The van der Waals surface area contributed by atoms with Crippen LogP contribution in [0.1, 0.15) is 53.2 Å². The van der Waals surface area contributed by atoms with Crippen molar-refractivity contribution in [2.75, 3.05) is 0 Å². The molecular formula is C24H26O9. The summed E-state index contributed by atoms with van der Waals surface area (Å²) in [5.74, 6) is -0.758. The van der Waals surface area contributed by atoms with E-state index >= 15 is 0 Å². The molecule has 0 spiro atoms. The molecule has 1 aromatic carbocycles. The monoisotopic (exact) mass is 458 g/mol. The van der Waals surface area contributed by atoms with E-state index in [-0.39, 0.29) is 12.2 Å². The standard InChI is InChI=1S/C24H26O9/c1-11-23(5,31-11)20(26)29-18-14-9-13-7-8-17(25)28-15(13)10-16(14)33-22(3,4)19(18)30-21(27)24(6)12(2)32-24/h7-12,18-19H,1-6H3/t11-,12+,18-,19-,23-,24+/m1/s1. The molecule has 2 fully saturated rings. The predicted molar refractivity (Wildman–Crippen MR) is 114 cm³/mol. The highest BCUT2D eigenvalue weighted by atomic mass is 16.7. The second-order valence-corrected chi connectivity index (χ2v) is 9.77. The quantitative estimate of drug-likeness (QED) is 0.387. The molecule has 33 heavy (non-hydrogen) atoms. The molecular weight excluding hydrogens is 432 g/mol. The van der Waals surface area contributed by atoms with Gasteiger partial charge in [-0.15, -0.1) is 0 Å². The van der Waals surface area contributed by atoms with E-state index in [2.05, 4.69) is 0 Å². The van der Waals surface area contributed by atoms with E-state index < -0.39 is 46.6 Å². The van der Waals surface area contributed by atoms with Crippen molar-refractivity contribution in [2.24, 2.45) is 0 Å². The Hall–Kier alpha value is -2.91. The Labute approximate surface area is 189 Å². The minimum atomic E-state index is -1.08. The van der Waals surface area contributed by atoms with Crippen LogP contribution in [0.25, 0.3) is 11.0 Å². The van der Waals surface area contributed by atoms with Crippen molar-refractivity contribution in [3.63, 3.8) is 0 Å². The molecule has 0 N–H and O–H groups in total. The van der Waals surface area contributed by atoms with Crippen LogP contribution in [0.15, 0.2) is 33.5 Å². The molecule has 9 nitrogen and oxygen atoms in total. The van der Waals surface area contributed by atoms with Crippen LogP contribution in [0.4, 0.5) is 0 Å². The van der Waals surface area contributed by atoms with Crippen LogP contribution in [0.3, 0.4) is 0 Å². The average Bonchev–Trinajstić information content (AvgIpc) is 3.57. The minimum Gasteiger partial charge on any atom is -0.483 e. The first-order valence-electron chi connectivity index (χ1n) is 10.9. The maximum atomic E-state index is 13.0. The lowest BCUT2D eigenvalue weighted by Crippen LogP contribution is -2.53.